The molecule has 0 spiro atoms. The molecule has 162 valence electrons. The van der Waals surface area contributed by atoms with Crippen molar-refractivity contribution in [3.8, 4) is 11.3 Å². The van der Waals surface area contributed by atoms with Crippen molar-refractivity contribution in [2.24, 2.45) is 17.8 Å². The smallest absolute Gasteiger partial charge is 0.348 e. The van der Waals surface area contributed by atoms with Crippen LogP contribution in [-0.2, 0) is 6.18 Å². The molecule has 2 aliphatic rings. The van der Waals surface area contributed by atoms with Gasteiger partial charge in [-0.15, -0.1) is 0 Å². The summed E-state index contributed by atoms with van der Waals surface area (Å²) in [5.41, 5.74) is -0.281. The maximum atomic E-state index is 13.7. The van der Waals surface area contributed by atoms with E-state index < -0.39 is 17.8 Å². The average Bonchev–Trinajstić information content (AvgIpc) is 3.48. The van der Waals surface area contributed by atoms with E-state index in [0.29, 0.717) is 21.9 Å². The van der Waals surface area contributed by atoms with Crippen LogP contribution in [0.3, 0.4) is 0 Å². The quantitative estimate of drug-likeness (QED) is 0.638. The van der Waals surface area contributed by atoms with Crippen LogP contribution in [-0.4, -0.2) is 26.5 Å². The van der Waals surface area contributed by atoms with Crippen molar-refractivity contribution in [3.05, 3.63) is 53.9 Å². The normalized spacial score (nSPS) is 23.9. The third kappa shape index (κ3) is 3.68. The van der Waals surface area contributed by atoms with Crippen LogP contribution in [0, 0.1) is 17.8 Å². The van der Waals surface area contributed by atoms with Crippen LogP contribution in [0.4, 0.5) is 13.2 Å². The van der Waals surface area contributed by atoms with Crippen molar-refractivity contribution in [2.45, 2.75) is 44.8 Å². The molecular weight excluding hydrogens is 405 g/mol. The second kappa shape index (κ2) is 7.35. The predicted octanol–water partition coefficient (Wildman–Crippen LogP) is 4.97. The van der Waals surface area contributed by atoms with E-state index in [1.807, 2.05) is 6.92 Å². The van der Waals surface area contributed by atoms with Crippen molar-refractivity contribution in [1.29, 1.82) is 0 Å². The highest BCUT2D eigenvalue weighted by molar-refractivity contribution is 5.93. The van der Waals surface area contributed by atoms with E-state index in [0.717, 1.165) is 18.4 Å². The molecule has 5 rings (SSSR count). The maximum Gasteiger partial charge on any atom is 0.433 e. The van der Waals surface area contributed by atoms with Crippen molar-refractivity contribution < 1.29 is 18.0 Å². The number of amides is 1. The molecule has 0 radical (unpaired) electrons. The first-order valence-corrected chi connectivity index (χ1v) is 10.6. The number of halogens is 3. The molecule has 2 saturated carbocycles. The van der Waals surface area contributed by atoms with Gasteiger partial charge < -0.3 is 5.32 Å². The molecule has 4 atom stereocenters. The zero-order valence-corrected chi connectivity index (χ0v) is 17.1. The van der Waals surface area contributed by atoms with Gasteiger partial charge >= 0.3 is 6.18 Å². The van der Waals surface area contributed by atoms with E-state index in [9.17, 15) is 18.0 Å². The molecule has 5 nitrogen and oxygen atoms in total. The molecule has 0 unspecified atom stereocenters. The Balaban J connectivity index is 1.46. The monoisotopic (exact) mass is 428 g/mol. The molecule has 1 N–H and O–H groups in total. The molecule has 1 amide bonds. The molecule has 2 aliphatic carbocycles. The van der Waals surface area contributed by atoms with Gasteiger partial charge in [-0.25, -0.2) is 9.50 Å². The second-order valence-corrected chi connectivity index (χ2v) is 8.79. The number of carbonyl (C=O) groups is 1. The lowest BCUT2D eigenvalue weighted by atomic mass is 9.84. The molecule has 3 aromatic rings. The van der Waals surface area contributed by atoms with E-state index in [4.69, 9.17) is 0 Å². The molecule has 2 heterocycles. The van der Waals surface area contributed by atoms with Gasteiger partial charge in [-0.05, 0) is 50.0 Å². The van der Waals surface area contributed by atoms with Gasteiger partial charge in [-0.2, -0.15) is 18.3 Å². The maximum absolute atomic E-state index is 13.7. The zero-order valence-electron chi connectivity index (χ0n) is 17.1. The number of fused-ring (bicyclic) bond motifs is 3. The molecule has 2 aromatic heterocycles. The fourth-order valence-electron chi connectivity index (χ4n) is 5.34. The fraction of sp³-hybridized carbons (Fsp3) is 0.435. The molecule has 2 fully saturated rings. The first-order valence-electron chi connectivity index (χ1n) is 10.6. The van der Waals surface area contributed by atoms with Gasteiger partial charge in [-0.1, -0.05) is 36.8 Å². The molecule has 8 heteroatoms. The number of aromatic nitrogens is 3. The Morgan fingerprint density at radius 1 is 1.16 bits per heavy atom. The summed E-state index contributed by atoms with van der Waals surface area (Å²) < 4.78 is 41.9. The summed E-state index contributed by atoms with van der Waals surface area (Å²) in [5, 5.41) is 6.93. The largest absolute Gasteiger partial charge is 0.433 e. The number of nitrogens with one attached hydrogen (secondary N) is 1. The summed E-state index contributed by atoms with van der Waals surface area (Å²) >= 11 is 0. The van der Waals surface area contributed by atoms with Crippen LogP contribution in [0.5, 0.6) is 0 Å². The number of hydrogen-bond donors (Lipinski definition) is 1. The highest BCUT2D eigenvalue weighted by Gasteiger charge is 2.42. The lowest BCUT2D eigenvalue weighted by molar-refractivity contribution is -0.142. The summed E-state index contributed by atoms with van der Waals surface area (Å²) in [6.45, 7) is 1.98. The number of carbonyl (C=O) groups excluding carboxylic acids is 1. The second-order valence-electron chi connectivity index (χ2n) is 8.79. The number of hydrogen-bond acceptors (Lipinski definition) is 3. The van der Waals surface area contributed by atoms with Crippen LogP contribution >= 0.6 is 0 Å². The first-order chi connectivity index (χ1) is 14.8. The Hall–Kier alpha value is -2.90. The lowest BCUT2D eigenvalue weighted by Crippen LogP contribution is -2.40. The number of rotatable bonds is 4. The third-order valence-electron chi connectivity index (χ3n) is 6.81. The zero-order chi connectivity index (χ0) is 21.8. The fourth-order valence-corrected chi connectivity index (χ4v) is 5.34. The molecular formula is C23H23F3N4O. The van der Waals surface area contributed by atoms with Crippen molar-refractivity contribution >= 4 is 11.6 Å². The Morgan fingerprint density at radius 2 is 1.94 bits per heavy atom. The lowest BCUT2D eigenvalue weighted by Gasteiger charge is -2.28. The highest BCUT2D eigenvalue weighted by Crippen LogP contribution is 2.49. The molecule has 2 bridgehead atoms. The van der Waals surface area contributed by atoms with E-state index in [1.165, 1.54) is 25.3 Å². The Morgan fingerprint density at radius 3 is 2.58 bits per heavy atom. The summed E-state index contributed by atoms with van der Waals surface area (Å²) in [4.78, 5) is 17.1. The summed E-state index contributed by atoms with van der Waals surface area (Å²) in [7, 11) is 0. The minimum atomic E-state index is -4.64. The van der Waals surface area contributed by atoms with E-state index in [1.54, 1.807) is 30.3 Å². The van der Waals surface area contributed by atoms with E-state index >= 15 is 0 Å². The number of benzene rings is 1. The molecule has 0 aliphatic heterocycles. The van der Waals surface area contributed by atoms with Gasteiger partial charge in [0.1, 0.15) is 0 Å². The number of alkyl halides is 3. The van der Waals surface area contributed by atoms with E-state index in [2.05, 4.69) is 15.4 Å². The van der Waals surface area contributed by atoms with Gasteiger partial charge in [0.2, 0.25) is 0 Å². The van der Waals surface area contributed by atoms with Gasteiger partial charge in [-0.3, -0.25) is 4.79 Å². The SMILES string of the molecule is C[C@@H](NC(=O)c1cc2nc(-c3ccccc3)cc(C(F)(F)F)n2n1)[C@H]1C[C@@H]2CC[C@@H]1C2. The van der Waals surface area contributed by atoms with Gasteiger partial charge in [0, 0.05) is 17.7 Å². The minimum Gasteiger partial charge on any atom is -0.348 e. The van der Waals surface area contributed by atoms with Crippen LogP contribution in [0.15, 0.2) is 42.5 Å². The average molecular weight is 428 g/mol. The van der Waals surface area contributed by atoms with Crippen LogP contribution < -0.4 is 5.32 Å². The summed E-state index contributed by atoms with van der Waals surface area (Å²) in [5.74, 6) is 1.34. The molecule has 31 heavy (non-hydrogen) atoms. The van der Waals surface area contributed by atoms with Crippen molar-refractivity contribution in [2.75, 3.05) is 0 Å². The van der Waals surface area contributed by atoms with Crippen LogP contribution in [0.25, 0.3) is 16.9 Å². The van der Waals surface area contributed by atoms with Gasteiger partial charge in [0.05, 0.1) is 5.69 Å². The topological polar surface area (TPSA) is 59.3 Å². The van der Waals surface area contributed by atoms with Crippen molar-refractivity contribution in [3.63, 3.8) is 0 Å². The van der Waals surface area contributed by atoms with Crippen LogP contribution in [0.2, 0.25) is 0 Å². The van der Waals surface area contributed by atoms with Crippen molar-refractivity contribution in [1.82, 2.24) is 19.9 Å². The van der Waals surface area contributed by atoms with Crippen LogP contribution in [0.1, 0.15) is 48.8 Å². The Bertz CT molecular complexity index is 1130. The Kier molecular flexibility index (Phi) is 4.75. The molecule has 0 saturated heterocycles. The molecule has 1 aromatic carbocycles. The predicted molar refractivity (Wildman–Crippen MR) is 109 cm³/mol. The van der Waals surface area contributed by atoms with E-state index in [-0.39, 0.29) is 23.1 Å². The first kappa shape index (κ1) is 20.0. The van der Waals surface area contributed by atoms with Gasteiger partial charge in [0.25, 0.3) is 5.91 Å². The van der Waals surface area contributed by atoms with Gasteiger partial charge in [0.15, 0.2) is 17.0 Å². The third-order valence-corrected chi connectivity index (χ3v) is 6.81. The Labute approximate surface area is 177 Å². The highest BCUT2D eigenvalue weighted by atomic mass is 19.4. The minimum absolute atomic E-state index is 0.00796. The standard InChI is InChI=1S/C23H23F3N4O/c1-13(17-10-14-7-8-16(17)9-14)27-22(31)19-12-21-28-18(15-5-3-2-4-6-15)11-20(23(24,25)26)30(21)29-19/h2-6,11-14,16-17H,7-10H2,1H3,(H,27,31)/t13-,14-,16-,17-/m1/s1. The number of nitrogens with zero attached hydrogens (tertiary/aromatic N) is 3. The summed E-state index contributed by atoms with van der Waals surface area (Å²) in [6.07, 6.45) is 0.160. The summed E-state index contributed by atoms with van der Waals surface area (Å²) in [6, 6.07) is 10.9.